The van der Waals surface area contributed by atoms with E-state index in [1.807, 2.05) is 26.8 Å². The first kappa shape index (κ1) is 20.2. The Morgan fingerprint density at radius 3 is 2.65 bits per heavy atom. The number of hydrogen-bond acceptors (Lipinski definition) is 7. The topological polar surface area (TPSA) is 83.5 Å². The zero-order chi connectivity index (χ0) is 19.3. The first-order valence-electron chi connectivity index (χ1n) is 8.45. The minimum atomic E-state index is -0.966. The fraction of sp³-hybridized carbons (Fsp3) is 0.526. The predicted octanol–water partition coefficient (Wildman–Crippen LogP) is 2.50. The van der Waals surface area contributed by atoms with Crippen LogP contribution in [0.1, 0.15) is 40.9 Å². The van der Waals surface area contributed by atoms with Gasteiger partial charge in [-0.15, -0.1) is 0 Å². The van der Waals surface area contributed by atoms with Crippen molar-refractivity contribution in [1.29, 1.82) is 0 Å². The first-order chi connectivity index (χ1) is 12.5. The molecule has 0 aromatic heterocycles. The van der Waals surface area contributed by atoms with E-state index in [9.17, 15) is 9.90 Å². The van der Waals surface area contributed by atoms with Crippen LogP contribution in [0.5, 0.6) is 11.5 Å². The molecule has 0 bridgehead atoms. The number of ether oxygens (including phenoxy) is 5. The van der Waals surface area contributed by atoms with Crippen LogP contribution in [-0.4, -0.2) is 45.0 Å². The Morgan fingerprint density at radius 2 is 2.08 bits per heavy atom. The van der Waals surface area contributed by atoms with Crippen LogP contribution in [0.3, 0.4) is 0 Å². The van der Waals surface area contributed by atoms with E-state index in [1.165, 1.54) is 7.11 Å². The largest absolute Gasteiger partial charge is 0.496 e. The van der Waals surface area contributed by atoms with Gasteiger partial charge < -0.3 is 28.8 Å². The molecule has 1 aliphatic rings. The summed E-state index contributed by atoms with van der Waals surface area (Å²) in [4.78, 5) is 12.3. The molecule has 1 atom stereocenters. The Kier molecular flexibility index (Phi) is 7.02. The van der Waals surface area contributed by atoms with E-state index in [1.54, 1.807) is 7.11 Å². The molecule has 0 saturated carbocycles. The van der Waals surface area contributed by atoms with E-state index in [0.717, 1.165) is 16.7 Å². The SMILES string of the molecule is CCOC(OC)Oc1c(CC=C(C)CO)c(OC)c(C)c2c1C(=O)OC2. The maximum absolute atomic E-state index is 12.3. The first-order valence-corrected chi connectivity index (χ1v) is 8.45. The summed E-state index contributed by atoms with van der Waals surface area (Å²) >= 11 is 0. The quantitative estimate of drug-likeness (QED) is 0.408. The van der Waals surface area contributed by atoms with Crippen LogP contribution in [0.4, 0.5) is 0 Å². The van der Waals surface area contributed by atoms with Crippen molar-refractivity contribution in [3.05, 3.63) is 33.9 Å². The number of cyclic esters (lactones) is 1. The molecule has 1 aromatic rings. The van der Waals surface area contributed by atoms with Gasteiger partial charge in [0.1, 0.15) is 23.7 Å². The molecule has 2 rings (SSSR count). The molecule has 0 spiro atoms. The fourth-order valence-corrected chi connectivity index (χ4v) is 2.86. The fourth-order valence-electron chi connectivity index (χ4n) is 2.86. The van der Waals surface area contributed by atoms with Crippen molar-refractivity contribution < 1.29 is 33.6 Å². The van der Waals surface area contributed by atoms with Crippen LogP contribution in [-0.2, 0) is 27.2 Å². The zero-order valence-corrected chi connectivity index (χ0v) is 15.9. The van der Waals surface area contributed by atoms with Gasteiger partial charge in [0.2, 0.25) is 0 Å². The minimum Gasteiger partial charge on any atom is -0.496 e. The summed E-state index contributed by atoms with van der Waals surface area (Å²) in [5.74, 6) is 0.494. The Hall–Kier alpha value is -2.09. The van der Waals surface area contributed by atoms with E-state index in [-0.39, 0.29) is 13.2 Å². The smallest absolute Gasteiger partial charge is 0.342 e. The van der Waals surface area contributed by atoms with Gasteiger partial charge in [0, 0.05) is 18.2 Å². The molecule has 1 heterocycles. The number of fused-ring (bicyclic) bond motifs is 1. The highest BCUT2D eigenvalue weighted by molar-refractivity contribution is 5.98. The van der Waals surface area contributed by atoms with Crippen molar-refractivity contribution in [2.75, 3.05) is 27.4 Å². The van der Waals surface area contributed by atoms with Crippen molar-refractivity contribution in [3.63, 3.8) is 0 Å². The van der Waals surface area contributed by atoms with E-state index in [2.05, 4.69) is 0 Å². The van der Waals surface area contributed by atoms with Crippen molar-refractivity contribution >= 4 is 5.97 Å². The third-order valence-corrected chi connectivity index (χ3v) is 4.24. The van der Waals surface area contributed by atoms with Crippen molar-refractivity contribution in [2.24, 2.45) is 0 Å². The lowest BCUT2D eigenvalue weighted by Crippen LogP contribution is -2.24. The third-order valence-electron chi connectivity index (χ3n) is 4.24. The van der Waals surface area contributed by atoms with Gasteiger partial charge in [0.05, 0.1) is 20.3 Å². The number of aliphatic hydroxyl groups excluding tert-OH is 1. The average molecular weight is 366 g/mol. The number of methoxy groups -OCH3 is 2. The Bertz CT molecular complexity index is 694. The number of hydrogen-bond donors (Lipinski definition) is 1. The molecule has 1 unspecified atom stereocenters. The van der Waals surface area contributed by atoms with Crippen LogP contribution in [0.25, 0.3) is 0 Å². The summed E-state index contributed by atoms with van der Waals surface area (Å²) in [5.41, 5.74) is 3.41. The Labute approximate surface area is 153 Å². The Balaban J connectivity index is 2.63. The number of allylic oxidation sites excluding steroid dienone is 1. The van der Waals surface area contributed by atoms with Crippen molar-refractivity contribution in [3.8, 4) is 11.5 Å². The molecule has 0 fully saturated rings. The van der Waals surface area contributed by atoms with Gasteiger partial charge in [-0.05, 0) is 32.8 Å². The van der Waals surface area contributed by atoms with Crippen LogP contribution in [0.2, 0.25) is 0 Å². The molecule has 0 saturated heterocycles. The van der Waals surface area contributed by atoms with Crippen LogP contribution >= 0.6 is 0 Å². The predicted molar refractivity (Wildman–Crippen MR) is 94.4 cm³/mol. The molecule has 1 N–H and O–H groups in total. The molecule has 0 radical (unpaired) electrons. The van der Waals surface area contributed by atoms with E-state index < -0.39 is 12.4 Å². The molecule has 7 nitrogen and oxygen atoms in total. The number of esters is 1. The van der Waals surface area contributed by atoms with Gasteiger partial charge >= 0.3 is 12.4 Å². The molecule has 0 amide bonds. The molecule has 26 heavy (non-hydrogen) atoms. The molecule has 1 aromatic carbocycles. The second kappa shape index (κ2) is 9.02. The summed E-state index contributed by atoms with van der Waals surface area (Å²) in [6.07, 6.45) is 2.27. The van der Waals surface area contributed by atoms with E-state index in [0.29, 0.717) is 35.7 Å². The van der Waals surface area contributed by atoms with Crippen LogP contribution in [0.15, 0.2) is 11.6 Å². The number of carbonyl (C=O) groups is 1. The lowest BCUT2D eigenvalue weighted by Gasteiger charge is -2.23. The van der Waals surface area contributed by atoms with E-state index in [4.69, 9.17) is 23.7 Å². The van der Waals surface area contributed by atoms with Gasteiger partial charge in [-0.2, -0.15) is 0 Å². The lowest BCUT2D eigenvalue weighted by molar-refractivity contribution is -0.231. The highest BCUT2D eigenvalue weighted by atomic mass is 16.8. The van der Waals surface area contributed by atoms with Crippen LogP contribution in [0, 0.1) is 6.92 Å². The second-order valence-electron chi connectivity index (χ2n) is 5.91. The van der Waals surface area contributed by atoms with Gasteiger partial charge in [-0.25, -0.2) is 4.79 Å². The molecular formula is C19H26O7. The van der Waals surface area contributed by atoms with E-state index >= 15 is 0 Å². The number of carbonyl (C=O) groups excluding carboxylic acids is 1. The molecule has 0 aliphatic carbocycles. The third kappa shape index (κ3) is 4.00. The summed E-state index contributed by atoms with van der Waals surface area (Å²) in [6.45, 7) is 5.05. The van der Waals surface area contributed by atoms with Gasteiger partial charge in [-0.1, -0.05) is 11.6 Å². The number of aliphatic hydroxyl groups is 1. The standard InChI is InChI=1S/C19H26O7/c1-6-24-19(23-5)26-17-13(8-7-11(2)9-20)16(22-4)12(3)14-10-25-18(21)15(14)17/h7,19-20H,6,8-10H2,1-5H3. The summed E-state index contributed by atoms with van der Waals surface area (Å²) < 4.78 is 27.3. The highest BCUT2D eigenvalue weighted by Crippen LogP contribution is 2.43. The summed E-state index contributed by atoms with van der Waals surface area (Å²) in [6, 6.07) is 0. The monoisotopic (exact) mass is 366 g/mol. The molecular weight excluding hydrogens is 340 g/mol. The maximum Gasteiger partial charge on any atom is 0.342 e. The van der Waals surface area contributed by atoms with Crippen molar-refractivity contribution in [2.45, 2.75) is 40.3 Å². The average Bonchev–Trinajstić information content (AvgIpc) is 3.03. The number of rotatable bonds is 9. The summed E-state index contributed by atoms with van der Waals surface area (Å²) in [7, 11) is 3.03. The minimum absolute atomic E-state index is 0.0515. The number of benzene rings is 1. The summed E-state index contributed by atoms with van der Waals surface area (Å²) in [5, 5.41) is 9.27. The van der Waals surface area contributed by atoms with Crippen LogP contribution < -0.4 is 9.47 Å². The molecule has 144 valence electrons. The Morgan fingerprint density at radius 1 is 1.35 bits per heavy atom. The normalized spacial score (nSPS) is 14.8. The molecule has 7 heteroatoms. The molecule has 1 aliphatic heterocycles. The van der Waals surface area contributed by atoms with Crippen molar-refractivity contribution in [1.82, 2.24) is 0 Å². The lowest BCUT2D eigenvalue weighted by atomic mass is 9.95. The second-order valence-corrected chi connectivity index (χ2v) is 5.91. The highest BCUT2D eigenvalue weighted by Gasteiger charge is 2.34. The maximum atomic E-state index is 12.3. The zero-order valence-electron chi connectivity index (χ0n) is 15.9. The van der Waals surface area contributed by atoms with Gasteiger partial charge in [-0.3, -0.25) is 0 Å². The van der Waals surface area contributed by atoms with Gasteiger partial charge in [0.25, 0.3) is 0 Å². The van der Waals surface area contributed by atoms with Gasteiger partial charge in [0.15, 0.2) is 0 Å².